The molecule has 0 aliphatic rings. The Labute approximate surface area is 178 Å². The molecule has 1 atom stereocenters. The summed E-state index contributed by atoms with van der Waals surface area (Å²) in [6.45, 7) is 2.63. The molecule has 0 rings (SSSR count). The number of ether oxygens (including phenoxy) is 1. The quantitative estimate of drug-likeness (QED) is 0.150. The fourth-order valence-corrected chi connectivity index (χ4v) is 3.31. The van der Waals surface area contributed by atoms with E-state index in [1.54, 1.807) is 6.92 Å². The predicted molar refractivity (Wildman–Crippen MR) is 119 cm³/mol. The molecule has 0 radical (unpaired) electrons. The van der Waals surface area contributed by atoms with Crippen LogP contribution < -0.4 is 0 Å². The molecule has 0 amide bonds. The molecule has 0 saturated carbocycles. The van der Waals surface area contributed by atoms with Gasteiger partial charge in [0, 0.05) is 18.9 Å². The van der Waals surface area contributed by atoms with Crippen LogP contribution in [0.5, 0.6) is 0 Å². The van der Waals surface area contributed by atoms with Crippen LogP contribution in [0, 0.1) is 5.92 Å². The zero-order valence-electron chi connectivity index (χ0n) is 18.9. The number of allylic oxidation sites excluding steroid dienone is 2. The maximum Gasteiger partial charge on any atom is 0.306 e. The molecule has 0 aromatic heterocycles. The number of unbranched alkanes of at least 4 members (excludes halogenated alkanes) is 11. The molecule has 0 heterocycles. The Morgan fingerprint density at radius 2 is 1.31 bits per heavy atom. The molecule has 29 heavy (non-hydrogen) atoms. The fourth-order valence-electron chi connectivity index (χ4n) is 3.31. The van der Waals surface area contributed by atoms with Crippen molar-refractivity contribution in [2.45, 2.75) is 109 Å². The summed E-state index contributed by atoms with van der Waals surface area (Å²) in [6, 6.07) is 0. The van der Waals surface area contributed by atoms with Gasteiger partial charge in [0.25, 0.3) is 0 Å². The number of carbonyl (C=O) groups is 1. The van der Waals surface area contributed by atoms with E-state index in [1.807, 2.05) is 0 Å². The molecule has 0 aliphatic carbocycles. The zero-order chi connectivity index (χ0) is 21.8. The van der Waals surface area contributed by atoms with E-state index in [0.717, 1.165) is 32.1 Å². The molecular weight excluding hydrogens is 368 g/mol. The Bertz CT molecular complexity index is 404. The van der Waals surface area contributed by atoms with Crippen molar-refractivity contribution in [2.24, 2.45) is 5.92 Å². The highest BCUT2D eigenvalue weighted by molar-refractivity contribution is 5.70. The number of rotatable bonds is 20. The second-order valence-corrected chi connectivity index (χ2v) is 8.27. The first kappa shape index (κ1) is 28.1. The van der Waals surface area contributed by atoms with Crippen molar-refractivity contribution in [3.63, 3.8) is 0 Å². The van der Waals surface area contributed by atoms with Gasteiger partial charge in [-0.3, -0.25) is 4.79 Å². The normalized spacial score (nSPS) is 13.1. The minimum Gasteiger partial charge on any atom is -0.454 e. The van der Waals surface area contributed by atoms with Gasteiger partial charge in [-0.2, -0.15) is 0 Å². The number of hydrogen-bond acceptors (Lipinski definition) is 5. The number of aliphatic hydroxyl groups is 3. The molecule has 0 aliphatic heterocycles. The summed E-state index contributed by atoms with van der Waals surface area (Å²) in [6.07, 6.45) is 20.5. The highest BCUT2D eigenvalue weighted by atomic mass is 16.6. The monoisotopic (exact) mass is 414 g/mol. The van der Waals surface area contributed by atoms with E-state index < -0.39 is 30.7 Å². The first-order chi connectivity index (χ1) is 14.1. The number of aliphatic hydroxyl groups excluding tert-OH is 3. The van der Waals surface area contributed by atoms with Crippen LogP contribution in [0.2, 0.25) is 0 Å². The molecule has 172 valence electrons. The van der Waals surface area contributed by atoms with E-state index in [-0.39, 0.29) is 13.0 Å². The Balaban J connectivity index is 3.65. The van der Waals surface area contributed by atoms with Gasteiger partial charge in [0.1, 0.15) is 0 Å². The SMILES string of the molecule is CCCCCCCCC=CCCCCCCCC(=O)OC(CO)(CO)C(C)CO. The summed E-state index contributed by atoms with van der Waals surface area (Å²) >= 11 is 0. The Kier molecular flexibility index (Phi) is 18.5. The van der Waals surface area contributed by atoms with Crippen LogP contribution in [-0.2, 0) is 9.53 Å². The van der Waals surface area contributed by atoms with Crippen LogP contribution in [0.1, 0.15) is 104 Å². The third-order valence-electron chi connectivity index (χ3n) is 5.67. The average molecular weight is 415 g/mol. The van der Waals surface area contributed by atoms with E-state index in [1.165, 1.54) is 51.4 Å². The minimum atomic E-state index is -1.40. The van der Waals surface area contributed by atoms with E-state index in [4.69, 9.17) is 4.74 Å². The molecule has 0 bridgehead atoms. The lowest BCUT2D eigenvalue weighted by Crippen LogP contribution is -2.49. The van der Waals surface area contributed by atoms with Crippen molar-refractivity contribution in [1.29, 1.82) is 0 Å². The second-order valence-electron chi connectivity index (χ2n) is 8.27. The fraction of sp³-hybridized carbons (Fsp3) is 0.875. The molecular formula is C24H46O5. The molecule has 1 unspecified atom stereocenters. The highest BCUT2D eigenvalue weighted by Crippen LogP contribution is 2.22. The molecule has 0 aromatic rings. The van der Waals surface area contributed by atoms with Crippen LogP contribution in [0.4, 0.5) is 0 Å². The van der Waals surface area contributed by atoms with E-state index >= 15 is 0 Å². The maximum absolute atomic E-state index is 12.0. The van der Waals surface area contributed by atoms with E-state index in [0.29, 0.717) is 0 Å². The van der Waals surface area contributed by atoms with Crippen molar-refractivity contribution in [3.8, 4) is 0 Å². The van der Waals surface area contributed by atoms with Crippen LogP contribution >= 0.6 is 0 Å². The predicted octanol–water partition coefficient (Wildman–Crippen LogP) is 4.92. The third kappa shape index (κ3) is 13.8. The summed E-state index contributed by atoms with van der Waals surface area (Å²) in [7, 11) is 0. The van der Waals surface area contributed by atoms with Crippen molar-refractivity contribution in [2.75, 3.05) is 19.8 Å². The lowest BCUT2D eigenvalue weighted by molar-refractivity contribution is -0.181. The van der Waals surface area contributed by atoms with Gasteiger partial charge in [-0.1, -0.05) is 77.4 Å². The van der Waals surface area contributed by atoms with Gasteiger partial charge < -0.3 is 20.1 Å². The lowest BCUT2D eigenvalue weighted by Gasteiger charge is -2.34. The summed E-state index contributed by atoms with van der Waals surface area (Å²) in [5.41, 5.74) is -1.40. The molecule has 5 nitrogen and oxygen atoms in total. The number of hydrogen-bond donors (Lipinski definition) is 3. The minimum absolute atomic E-state index is 0.262. The van der Waals surface area contributed by atoms with Gasteiger partial charge in [-0.05, 0) is 32.1 Å². The smallest absolute Gasteiger partial charge is 0.306 e. The van der Waals surface area contributed by atoms with Crippen molar-refractivity contribution >= 4 is 5.97 Å². The maximum atomic E-state index is 12.0. The van der Waals surface area contributed by atoms with Crippen molar-refractivity contribution in [3.05, 3.63) is 12.2 Å². The average Bonchev–Trinajstić information content (AvgIpc) is 2.74. The van der Waals surface area contributed by atoms with Crippen LogP contribution in [0.3, 0.4) is 0 Å². The molecule has 5 heteroatoms. The molecule has 0 saturated heterocycles. The Morgan fingerprint density at radius 3 is 1.79 bits per heavy atom. The summed E-state index contributed by atoms with van der Waals surface area (Å²) in [4.78, 5) is 12.0. The van der Waals surface area contributed by atoms with Crippen molar-refractivity contribution in [1.82, 2.24) is 0 Å². The van der Waals surface area contributed by atoms with Gasteiger partial charge in [0.15, 0.2) is 5.60 Å². The molecule has 0 spiro atoms. The first-order valence-corrected chi connectivity index (χ1v) is 11.8. The van der Waals surface area contributed by atoms with Gasteiger partial charge >= 0.3 is 5.97 Å². The summed E-state index contributed by atoms with van der Waals surface area (Å²) < 4.78 is 5.30. The van der Waals surface area contributed by atoms with E-state index in [9.17, 15) is 20.1 Å². The lowest BCUT2D eigenvalue weighted by atomic mass is 9.90. The highest BCUT2D eigenvalue weighted by Gasteiger charge is 2.38. The molecule has 3 N–H and O–H groups in total. The van der Waals surface area contributed by atoms with Gasteiger partial charge in [0.2, 0.25) is 0 Å². The van der Waals surface area contributed by atoms with E-state index in [2.05, 4.69) is 19.1 Å². The Hall–Kier alpha value is -0.910. The van der Waals surface area contributed by atoms with Crippen LogP contribution in [0.15, 0.2) is 12.2 Å². The third-order valence-corrected chi connectivity index (χ3v) is 5.67. The first-order valence-electron chi connectivity index (χ1n) is 11.8. The summed E-state index contributed by atoms with van der Waals surface area (Å²) in [5.74, 6) is -0.943. The largest absolute Gasteiger partial charge is 0.454 e. The summed E-state index contributed by atoms with van der Waals surface area (Å²) in [5, 5.41) is 28.2. The second kappa shape index (κ2) is 19.1. The van der Waals surface area contributed by atoms with Gasteiger partial charge in [-0.15, -0.1) is 0 Å². The van der Waals surface area contributed by atoms with Crippen molar-refractivity contribution < 1.29 is 24.9 Å². The van der Waals surface area contributed by atoms with Gasteiger partial charge in [0.05, 0.1) is 13.2 Å². The zero-order valence-corrected chi connectivity index (χ0v) is 18.9. The van der Waals surface area contributed by atoms with Crippen LogP contribution in [0.25, 0.3) is 0 Å². The number of esters is 1. The van der Waals surface area contributed by atoms with Crippen LogP contribution in [-0.4, -0.2) is 46.7 Å². The van der Waals surface area contributed by atoms with Gasteiger partial charge in [-0.25, -0.2) is 0 Å². The topological polar surface area (TPSA) is 87.0 Å². The Morgan fingerprint density at radius 1 is 0.828 bits per heavy atom. The molecule has 0 aromatic carbocycles. The molecule has 0 fully saturated rings. The standard InChI is InChI=1S/C24H46O5/c1-3-4-5-6-7-8-9-10-11-12-13-14-15-16-17-18-23(28)29-24(20-26,21-27)22(2)19-25/h10-11,22,25-27H,3-9,12-21H2,1-2H3. The number of carbonyl (C=O) groups excluding carboxylic acids is 1.